The van der Waals surface area contributed by atoms with Crippen molar-refractivity contribution in [1.82, 2.24) is 4.57 Å². The molecule has 0 radical (unpaired) electrons. The average molecular weight is 377 g/mol. The standard InChI is InChI=1S/C21H19N3O4/c1-14-5-8-16(9-6-14)13-23-11-3-4-18(21(23)26)20(25)22-19-12-17(24(27)28)10-7-15(19)2/h3-12H,13H2,1-2H3,(H,22,25). The van der Waals surface area contributed by atoms with Crippen LogP contribution in [0.3, 0.4) is 0 Å². The summed E-state index contributed by atoms with van der Waals surface area (Å²) >= 11 is 0. The van der Waals surface area contributed by atoms with Gasteiger partial charge in [-0.15, -0.1) is 0 Å². The lowest BCUT2D eigenvalue weighted by atomic mass is 10.1. The summed E-state index contributed by atoms with van der Waals surface area (Å²) in [5, 5.41) is 13.6. The van der Waals surface area contributed by atoms with Crippen LogP contribution in [0.4, 0.5) is 11.4 Å². The topological polar surface area (TPSA) is 94.2 Å². The van der Waals surface area contributed by atoms with Crippen LogP contribution in [0.15, 0.2) is 65.6 Å². The monoisotopic (exact) mass is 377 g/mol. The number of carbonyl (C=O) groups is 1. The summed E-state index contributed by atoms with van der Waals surface area (Å²) in [5.41, 5.74) is 2.44. The molecule has 0 saturated heterocycles. The van der Waals surface area contributed by atoms with Gasteiger partial charge in [-0.1, -0.05) is 35.9 Å². The Labute approximate surface area is 161 Å². The van der Waals surface area contributed by atoms with E-state index < -0.39 is 16.4 Å². The molecule has 0 aliphatic rings. The minimum atomic E-state index is -0.605. The first-order valence-electron chi connectivity index (χ1n) is 8.66. The summed E-state index contributed by atoms with van der Waals surface area (Å²) in [4.78, 5) is 35.8. The van der Waals surface area contributed by atoms with Crippen LogP contribution in [0.1, 0.15) is 27.0 Å². The van der Waals surface area contributed by atoms with Crippen LogP contribution in [-0.4, -0.2) is 15.4 Å². The van der Waals surface area contributed by atoms with E-state index in [1.165, 1.54) is 22.8 Å². The average Bonchev–Trinajstić information content (AvgIpc) is 2.66. The maximum atomic E-state index is 12.7. The minimum absolute atomic E-state index is 0.0273. The van der Waals surface area contributed by atoms with Gasteiger partial charge in [-0.25, -0.2) is 0 Å². The smallest absolute Gasteiger partial charge is 0.271 e. The summed E-state index contributed by atoms with van der Waals surface area (Å²) in [7, 11) is 0. The number of aromatic nitrogens is 1. The first-order valence-corrected chi connectivity index (χ1v) is 8.66. The highest BCUT2D eigenvalue weighted by Crippen LogP contribution is 2.22. The van der Waals surface area contributed by atoms with Gasteiger partial charge in [0.2, 0.25) is 0 Å². The third-order valence-corrected chi connectivity index (χ3v) is 4.42. The SMILES string of the molecule is Cc1ccc(Cn2cccc(C(=O)Nc3cc([N+](=O)[O-])ccc3C)c2=O)cc1. The molecule has 0 aliphatic heterocycles. The second kappa shape index (κ2) is 7.87. The molecule has 1 amide bonds. The van der Waals surface area contributed by atoms with Crippen LogP contribution in [0, 0.1) is 24.0 Å². The Kier molecular flexibility index (Phi) is 5.35. The number of nitro groups is 1. The van der Waals surface area contributed by atoms with E-state index in [2.05, 4.69) is 5.32 Å². The van der Waals surface area contributed by atoms with Crippen molar-refractivity contribution in [3.63, 3.8) is 0 Å². The molecule has 142 valence electrons. The first-order chi connectivity index (χ1) is 13.3. The molecular weight excluding hydrogens is 358 g/mol. The van der Waals surface area contributed by atoms with Crippen molar-refractivity contribution in [2.45, 2.75) is 20.4 Å². The molecule has 1 heterocycles. The number of nitro benzene ring substituents is 1. The molecule has 0 bridgehead atoms. The Balaban J connectivity index is 1.87. The largest absolute Gasteiger partial charge is 0.321 e. The molecule has 7 nitrogen and oxygen atoms in total. The highest BCUT2D eigenvalue weighted by atomic mass is 16.6. The second-order valence-electron chi connectivity index (χ2n) is 6.55. The Morgan fingerprint density at radius 2 is 1.82 bits per heavy atom. The number of benzene rings is 2. The zero-order valence-electron chi connectivity index (χ0n) is 15.5. The van der Waals surface area contributed by atoms with Crippen LogP contribution in [0.5, 0.6) is 0 Å². The lowest BCUT2D eigenvalue weighted by molar-refractivity contribution is -0.384. The van der Waals surface area contributed by atoms with Gasteiger partial charge < -0.3 is 9.88 Å². The molecular formula is C21H19N3O4. The lowest BCUT2D eigenvalue weighted by Crippen LogP contribution is -2.29. The number of hydrogen-bond acceptors (Lipinski definition) is 4. The zero-order chi connectivity index (χ0) is 20.3. The van der Waals surface area contributed by atoms with E-state index in [9.17, 15) is 19.7 Å². The predicted molar refractivity (Wildman–Crippen MR) is 107 cm³/mol. The highest BCUT2D eigenvalue weighted by molar-refractivity contribution is 6.04. The van der Waals surface area contributed by atoms with Crippen LogP contribution in [-0.2, 0) is 6.54 Å². The van der Waals surface area contributed by atoms with E-state index in [4.69, 9.17) is 0 Å². The number of pyridine rings is 1. The molecule has 28 heavy (non-hydrogen) atoms. The summed E-state index contributed by atoms with van der Waals surface area (Å²) in [5.74, 6) is -0.605. The Bertz CT molecular complexity index is 1100. The van der Waals surface area contributed by atoms with E-state index in [0.29, 0.717) is 17.8 Å². The summed E-state index contributed by atoms with van der Waals surface area (Å²) in [6.07, 6.45) is 1.62. The molecule has 2 aromatic carbocycles. The van der Waals surface area contributed by atoms with Crippen molar-refractivity contribution in [3.05, 3.63) is 104 Å². The van der Waals surface area contributed by atoms with Gasteiger partial charge in [-0.3, -0.25) is 19.7 Å². The fraction of sp³-hybridized carbons (Fsp3) is 0.143. The number of aryl methyl sites for hydroxylation is 2. The second-order valence-corrected chi connectivity index (χ2v) is 6.55. The first kappa shape index (κ1) is 19.0. The van der Waals surface area contributed by atoms with Gasteiger partial charge in [0.25, 0.3) is 17.2 Å². The number of nitrogens with one attached hydrogen (secondary N) is 1. The van der Waals surface area contributed by atoms with E-state index in [1.807, 2.05) is 31.2 Å². The lowest BCUT2D eigenvalue weighted by Gasteiger charge is -2.10. The predicted octanol–water partition coefficient (Wildman–Crippen LogP) is 3.67. The Morgan fingerprint density at radius 3 is 2.50 bits per heavy atom. The molecule has 3 aromatic rings. The molecule has 0 unspecified atom stereocenters. The Morgan fingerprint density at radius 1 is 1.11 bits per heavy atom. The highest BCUT2D eigenvalue weighted by Gasteiger charge is 2.15. The zero-order valence-corrected chi connectivity index (χ0v) is 15.5. The number of hydrogen-bond donors (Lipinski definition) is 1. The van der Waals surface area contributed by atoms with Crippen molar-refractivity contribution in [3.8, 4) is 0 Å². The molecule has 1 aromatic heterocycles. The van der Waals surface area contributed by atoms with Crippen LogP contribution in [0.2, 0.25) is 0 Å². The molecule has 1 N–H and O–H groups in total. The molecule has 0 aliphatic carbocycles. The molecule has 7 heteroatoms. The van der Waals surface area contributed by atoms with E-state index >= 15 is 0 Å². The van der Waals surface area contributed by atoms with Crippen molar-refractivity contribution in [2.24, 2.45) is 0 Å². The van der Waals surface area contributed by atoms with Crippen LogP contribution in [0.25, 0.3) is 0 Å². The maximum absolute atomic E-state index is 12.7. The van der Waals surface area contributed by atoms with E-state index in [0.717, 1.165) is 11.1 Å². The fourth-order valence-electron chi connectivity index (χ4n) is 2.77. The van der Waals surface area contributed by atoms with Crippen LogP contribution >= 0.6 is 0 Å². The number of anilines is 1. The summed E-state index contributed by atoms with van der Waals surface area (Å²) < 4.78 is 1.46. The minimum Gasteiger partial charge on any atom is -0.321 e. The van der Waals surface area contributed by atoms with Gasteiger partial charge in [0.05, 0.1) is 17.2 Å². The molecule has 0 saturated carbocycles. The molecule has 3 rings (SSSR count). The van der Waals surface area contributed by atoms with Gasteiger partial charge in [0.15, 0.2) is 0 Å². The Hall–Kier alpha value is -3.74. The van der Waals surface area contributed by atoms with Crippen molar-refractivity contribution >= 4 is 17.3 Å². The van der Waals surface area contributed by atoms with Gasteiger partial charge in [0, 0.05) is 18.3 Å². The van der Waals surface area contributed by atoms with Gasteiger partial charge in [-0.05, 0) is 37.1 Å². The normalized spacial score (nSPS) is 10.5. The number of carbonyl (C=O) groups excluding carboxylic acids is 1. The van der Waals surface area contributed by atoms with Crippen molar-refractivity contribution < 1.29 is 9.72 Å². The van der Waals surface area contributed by atoms with E-state index in [1.54, 1.807) is 25.3 Å². The molecule has 0 spiro atoms. The fourth-order valence-corrected chi connectivity index (χ4v) is 2.77. The number of non-ortho nitro benzene ring substituents is 1. The van der Waals surface area contributed by atoms with Crippen molar-refractivity contribution in [1.29, 1.82) is 0 Å². The number of rotatable bonds is 5. The van der Waals surface area contributed by atoms with Crippen LogP contribution < -0.4 is 10.9 Å². The van der Waals surface area contributed by atoms with Gasteiger partial charge in [-0.2, -0.15) is 0 Å². The third-order valence-electron chi connectivity index (χ3n) is 4.42. The van der Waals surface area contributed by atoms with Gasteiger partial charge >= 0.3 is 0 Å². The number of amides is 1. The van der Waals surface area contributed by atoms with E-state index in [-0.39, 0.29) is 11.3 Å². The third kappa shape index (κ3) is 4.15. The molecule has 0 fully saturated rings. The number of nitrogens with zero attached hydrogens (tertiary/aromatic N) is 2. The quantitative estimate of drug-likeness (QED) is 0.542. The molecule has 0 atom stereocenters. The summed E-state index contributed by atoms with van der Waals surface area (Å²) in [6.45, 7) is 4.05. The maximum Gasteiger partial charge on any atom is 0.271 e. The summed E-state index contributed by atoms with van der Waals surface area (Å²) in [6, 6.07) is 15.0. The van der Waals surface area contributed by atoms with Crippen molar-refractivity contribution in [2.75, 3.05) is 5.32 Å². The van der Waals surface area contributed by atoms with Gasteiger partial charge in [0.1, 0.15) is 5.56 Å².